The van der Waals surface area contributed by atoms with Crippen molar-refractivity contribution >= 4 is 11.7 Å². The average molecular weight is 361 g/mol. The van der Waals surface area contributed by atoms with Crippen LogP contribution in [0.3, 0.4) is 0 Å². The number of aromatic nitrogens is 2. The Morgan fingerprint density at radius 2 is 1.74 bits per heavy atom. The van der Waals surface area contributed by atoms with Gasteiger partial charge in [-0.2, -0.15) is 0 Å². The average Bonchev–Trinajstić information content (AvgIpc) is 2.72. The van der Waals surface area contributed by atoms with Crippen LogP contribution >= 0.6 is 0 Å². The highest BCUT2D eigenvalue weighted by Crippen LogP contribution is 2.16. The van der Waals surface area contributed by atoms with Gasteiger partial charge in [-0.1, -0.05) is 30.3 Å². The Bertz CT molecular complexity index is 925. The van der Waals surface area contributed by atoms with E-state index in [-0.39, 0.29) is 24.8 Å². The summed E-state index contributed by atoms with van der Waals surface area (Å²) in [4.78, 5) is 31.7. The Labute approximate surface area is 157 Å². The number of carbonyl (C=O) groups excluding carboxylic acids is 2. The predicted molar refractivity (Wildman–Crippen MR) is 101 cm³/mol. The molecule has 3 aromatic rings. The number of nitrogens with zero attached hydrogens (tertiary/aromatic N) is 2. The van der Waals surface area contributed by atoms with Gasteiger partial charge >= 0.3 is 0 Å². The zero-order valence-corrected chi connectivity index (χ0v) is 14.9. The van der Waals surface area contributed by atoms with Gasteiger partial charge < -0.3 is 10.1 Å². The van der Waals surface area contributed by atoms with Crippen molar-refractivity contribution in [3.05, 3.63) is 78.2 Å². The highest BCUT2D eigenvalue weighted by atomic mass is 16.5. The van der Waals surface area contributed by atoms with Crippen LogP contribution in [0, 0.1) is 0 Å². The van der Waals surface area contributed by atoms with Gasteiger partial charge in [-0.25, -0.2) is 9.97 Å². The third-order valence-electron chi connectivity index (χ3n) is 3.89. The second-order valence-corrected chi connectivity index (χ2v) is 5.91. The maximum absolute atomic E-state index is 12.0. The van der Waals surface area contributed by atoms with Crippen LogP contribution in [0.2, 0.25) is 0 Å². The summed E-state index contributed by atoms with van der Waals surface area (Å²) in [5, 5.41) is 2.77. The second-order valence-electron chi connectivity index (χ2n) is 5.91. The van der Waals surface area contributed by atoms with Crippen LogP contribution in [0.1, 0.15) is 23.0 Å². The van der Waals surface area contributed by atoms with Crippen molar-refractivity contribution < 1.29 is 14.3 Å². The molecular formula is C21H19N3O3. The van der Waals surface area contributed by atoms with Gasteiger partial charge in [0.15, 0.2) is 12.4 Å². The fraction of sp³-hybridized carbons (Fsp3) is 0.143. The lowest BCUT2D eigenvalue weighted by atomic mass is 10.1. The lowest BCUT2D eigenvalue weighted by Gasteiger charge is -2.08. The van der Waals surface area contributed by atoms with Crippen molar-refractivity contribution in [2.75, 3.05) is 6.61 Å². The minimum absolute atomic E-state index is 0.0148. The van der Waals surface area contributed by atoms with Crippen LogP contribution in [0.4, 0.5) is 0 Å². The van der Waals surface area contributed by atoms with Crippen LogP contribution in [-0.2, 0) is 11.3 Å². The molecule has 0 saturated heterocycles. The first-order chi connectivity index (χ1) is 13.1. The summed E-state index contributed by atoms with van der Waals surface area (Å²) in [6, 6.07) is 18.3. The highest BCUT2D eigenvalue weighted by Gasteiger charge is 2.06. The van der Waals surface area contributed by atoms with Gasteiger partial charge in [-0.15, -0.1) is 0 Å². The van der Waals surface area contributed by atoms with E-state index in [2.05, 4.69) is 15.3 Å². The smallest absolute Gasteiger partial charge is 0.258 e. The summed E-state index contributed by atoms with van der Waals surface area (Å²) in [5.74, 6) is 0.257. The predicted octanol–water partition coefficient (Wildman–Crippen LogP) is 3.04. The number of hydrogen-bond acceptors (Lipinski definition) is 5. The second kappa shape index (κ2) is 8.71. The molecule has 1 N–H and O–H groups in total. The fourth-order valence-electron chi connectivity index (χ4n) is 2.44. The number of carbonyl (C=O) groups is 2. The lowest BCUT2D eigenvalue weighted by molar-refractivity contribution is -0.123. The third kappa shape index (κ3) is 5.22. The summed E-state index contributed by atoms with van der Waals surface area (Å²) in [6.07, 6.45) is 1.48. The molecule has 0 bridgehead atoms. The number of rotatable bonds is 7. The third-order valence-corrected chi connectivity index (χ3v) is 3.89. The molecule has 1 amide bonds. The van der Waals surface area contributed by atoms with E-state index in [1.165, 1.54) is 13.3 Å². The topological polar surface area (TPSA) is 81.2 Å². The molecule has 6 nitrogen and oxygen atoms in total. The zero-order chi connectivity index (χ0) is 19.1. The first kappa shape index (κ1) is 18.3. The first-order valence-electron chi connectivity index (χ1n) is 8.48. The maximum atomic E-state index is 12.0. The standard InChI is InChI=1S/C21H19N3O3/c1-15(25)16-7-9-19(10-8-16)27-13-21(26)22-12-18-11-20(24-14-23-18)17-5-3-2-4-6-17/h2-11,14H,12-13H2,1H3,(H,22,26). The van der Waals surface area contributed by atoms with E-state index in [1.807, 2.05) is 36.4 Å². The summed E-state index contributed by atoms with van der Waals surface area (Å²) >= 11 is 0. The maximum Gasteiger partial charge on any atom is 0.258 e. The van der Waals surface area contributed by atoms with Gasteiger partial charge in [-0.3, -0.25) is 9.59 Å². The molecule has 6 heteroatoms. The monoisotopic (exact) mass is 361 g/mol. The Kier molecular flexibility index (Phi) is 5.89. The highest BCUT2D eigenvalue weighted by molar-refractivity contribution is 5.94. The van der Waals surface area contributed by atoms with Gasteiger partial charge in [-0.05, 0) is 37.3 Å². The van der Waals surface area contributed by atoms with E-state index < -0.39 is 0 Å². The van der Waals surface area contributed by atoms with Crippen LogP contribution < -0.4 is 10.1 Å². The van der Waals surface area contributed by atoms with Gasteiger partial charge in [0, 0.05) is 11.1 Å². The number of benzene rings is 2. The van der Waals surface area contributed by atoms with Crippen molar-refractivity contribution in [3.8, 4) is 17.0 Å². The van der Waals surface area contributed by atoms with Crippen LogP contribution in [0.5, 0.6) is 5.75 Å². The Morgan fingerprint density at radius 3 is 2.44 bits per heavy atom. The van der Waals surface area contributed by atoms with E-state index in [4.69, 9.17) is 4.74 Å². The Morgan fingerprint density at radius 1 is 1.00 bits per heavy atom. The van der Waals surface area contributed by atoms with Crippen LogP contribution in [-0.4, -0.2) is 28.3 Å². The molecule has 3 rings (SSSR count). The van der Waals surface area contributed by atoms with Crippen molar-refractivity contribution in [1.29, 1.82) is 0 Å². The molecule has 0 spiro atoms. The zero-order valence-electron chi connectivity index (χ0n) is 14.9. The number of hydrogen-bond donors (Lipinski definition) is 1. The molecule has 0 radical (unpaired) electrons. The first-order valence-corrected chi connectivity index (χ1v) is 8.48. The Hall–Kier alpha value is -3.54. The van der Waals surface area contributed by atoms with Gasteiger partial charge in [0.05, 0.1) is 17.9 Å². The molecule has 136 valence electrons. The summed E-state index contributed by atoms with van der Waals surface area (Å²) < 4.78 is 5.43. The van der Waals surface area contributed by atoms with Crippen molar-refractivity contribution in [2.24, 2.45) is 0 Å². The summed E-state index contributed by atoms with van der Waals surface area (Å²) in [5.41, 5.74) is 3.11. The number of Topliss-reactive ketones (excluding diaryl/α,β-unsaturated/α-hetero) is 1. The molecule has 1 aromatic heterocycles. The number of ether oxygens (including phenoxy) is 1. The minimum Gasteiger partial charge on any atom is -0.484 e. The number of amides is 1. The van der Waals surface area contributed by atoms with Crippen molar-refractivity contribution in [3.63, 3.8) is 0 Å². The molecule has 0 aliphatic carbocycles. The number of nitrogens with one attached hydrogen (secondary N) is 1. The molecule has 0 fully saturated rings. The van der Waals surface area contributed by atoms with E-state index in [0.29, 0.717) is 17.0 Å². The largest absolute Gasteiger partial charge is 0.484 e. The molecule has 2 aromatic carbocycles. The van der Waals surface area contributed by atoms with E-state index in [1.54, 1.807) is 24.3 Å². The normalized spacial score (nSPS) is 10.3. The lowest BCUT2D eigenvalue weighted by Crippen LogP contribution is -2.28. The van der Waals surface area contributed by atoms with Crippen LogP contribution in [0.15, 0.2) is 67.0 Å². The van der Waals surface area contributed by atoms with Crippen molar-refractivity contribution in [2.45, 2.75) is 13.5 Å². The molecular weight excluding hydrogens is 342 g/mol. The fourth-order valence-corrected chi connectivity index (χ4v) is 2.44. The van der Waals surface area contributed by atoms with Gasteiger partial charge in [0.25, 0.3) is 5.91 Å². The quantitative estimate of drug-likeness (QED) is 0.654. The molecule has 1 heterocycles. The van der Waals surface area contributed by atoms with Gasteiger partial charge in [0.2, 0.25) is 0 Å². The van der Waals surface area contributed by atoms with Crippen molar-refractivity contribution in [1.82, 2.24) is 15.3 Å². The Balaban J connectivity index is 1.51. The van der Waals surface area contributed by atoms with Gasteiger partial charge in [0.1, 0.15) is 12.1 Å². The van der Waals surface area contributed by atoms with E-state index >= 15 is 0 Å². The molecule has 0 unspecified atom stereocenters. The number of ketones is 1. The molecule has 0 saturated carbocycles. The SMILES string of the molecule is CC(=O)c1ccc(OCC(=O)NCc2cc(-c3ccccc3)ncn2)cc1. The van der Waals surface area contributed by atoms with E-state index in [0.717, 1.165) is 11.3 Å². The molecule has 0 aliphatic rings. The molecule has 27 heavy (non-hydrogen) atoms. The summed E-state index contributed by atoms with van der Waals surface area (Å²) in [6.45, 7) is 1.67. The van der Waals surface area contributed by atoms with Crippen LogP contribution in [0.25, 0.3) is 11.3 Å². The minimum atomic E-state index is -0.259. The summed E-state index contributed by atoms with van der Waals surface area (Å²) in [7, 11) is 0. The van der Waals surface area contributed by atoms with E-state index in [9.17, 15) is 9.59 Å². The molecule has 0 aliphatic heterocycles. The molecule has 0 atom stereocenters.